The van der Waals surface area contributed by atoms with Gasteiger partial charge in [-0.25, -0.2) is 0 Å². The average molecular weight is 879 g/mol. The maximum absolute atomic E-state index is 12.3. The van der Waals surface area contributed by atoms with Gasteiger partial charge in [0.05, 0.1) is 10.3 Å². The molecule has 0 saturated heterocycles. The van der Waals surface area contributed by atoms with Crippen molar-refractivity contribution >= 4 is 67.1 Å². The van der Waals surface area contributed by atoms with Gasteiger partial charge >= 0.3 is 10.2 Å². The van der Waals surface area contributed by atoms with Crippen molar-refractivity contribution in [1.29, 1.82) is 0 Å². The second-order valence-electron chi connectivity index (χ2n) is 17.0. The van der Waals surface area contributed by atoms with Gasteiger partial charge in [0, 0.05) is 45.8 Å². The van der Waals surface area contributed by atoms with Crippen LogP contribution in [0.3, 0.4) is 0 Å². The van der Waals surface area contributed by atoms with E-state index in [1.54, 1.807) is 6.08 Å². The van der Waals surface area contributed by atoms with Crippen molar-refractivity contribution in [3.8, 4) is 0 Å². The molecule has 0 bridgehead atoms. The number of aryl methyl sites for hydroxylation is 6. The van der Waals surface area contributed by atoms with Gasteiger partial charge in [0.2, 0.25) is 0 Å². The summed E-state index contributed by atoms with van der Waals surface area (Å²) in [6.45, 7) is 16.5. The Hall–Kier alpha value is -5.89. The molecule has 3 N–H and O–H groups in total. The minimum atomic E-state index is -4.56. The molecule has 1 aliphatic carbocycles. The Morgan fingerprint density at radius 2 is 1.11 bits per heavy atom. The molecule has 2 atom stereocenters. The molecule has 8 rings (SSSR count). The Bertz CT molecular complexity index is 2690. The van der Waals surface area contributed by atoms with Crippen molar-refractivity contribution in [2.45, 2.75) is 89.5 Å². The van der Waals surface area contributed by atoms with Crippen LogP contribution >= 0.6 is 11.6 Å². The molecule has 0 spiro atoms. The largest absolute Gasteiger partial charge is 0.380 e. The summed E-state index contributed by atoms with van der Waals surface area (Å²) in [6, 6.07) is 46.1. The first-order valence-corrected chi connectivity index (χ1v) is 23.5. The number of halogens is 2. The lowest BCUT2D eigenvalue weighted by molar-refractivity contribution is 0.470. The van der Waals surface area contributed by atoms with Crippen molar-refractivity contribution in [2.24, 2.45) is 0 Å². The van der Waals surface area contributed by atoms with Crippen LogP contribution in [0.5, 0.6) is 0 Å². The molecule has 63 heavy (non-hydrogen) atoms. The summed E-state index contributed by atoms with van der Waals surface area (Å²) in [5.74, 6) is 0.0354. The van der Waals surface area contributed by atoms with Crippen LogP contribution in [0.25, 0.3) is 16.8 Å². The summed E-state index contributed by atoms with van der Waals surface area (Å²) in [4.78, 5) is -0.326. The first kappa shape index (κ1) is 45.1. The van der Waals surface area contributed by atoms with E-state index in [1.807, 2.05) is 0 Å². The predicted molar refractivity (Wildman–Crippen MR) is 266 cm³/mol. The molecular weight excluding hydrogens is 821 g/mol. The first-order valence-electron chi connectivity index (χ1n) is 21.7. The molecule has 0 radical (unpaired) electrons. The summed E-state index contributed by atoms with van der Waals surface area (Å²) >= 11 is 6.83. The number of rotatable bonds is 11. The van der Waals surface area contributed by atoms with Gasteiger partial charge in [0.1, 0.15) is 0 Å². The van der Waals surface area contributed by atoms with E-state index in [9.17, 15) is 12.3 Å². The molecule has 7 aromatic rings. The molecule has 0 aromatic heterocycles. The van der Waals surface area contributed by atoms with Gasteiger partial charge in [-0.05, 0) is 147 Å². The van der Waals surface area contributed by atoms with Crippen molar-refractivity contribution in [2.75, 3.05) is 16.0 Å². The third kappa shape index (κ3) is 10.8. The van der Waals surface area contributed by atoms with Crippen LogP contribution in [0.4, 0.5) is 32.3 Å². The zero-order valence-corrected chi connectivity index (χ0v) is 38.6. The van der Waals surface area contributed by atoms with Crippen LogP contribution < -0.4 is 16.0 Å². The van der Waals surface area contributed by atoms with Crippen LogP contribution in [0.15, 0.2) is 145 Å². The number of nitrogens with one attached hydrogen (secondary N) is 3. The standard InChI is InChI=1S/C47H50ClN3.C8H7FO2S/c1-29-25-31(3)46(32(4)26-29)49-37-19-15-35(16-20-37)45(36-17-21-38(22-18-36)50-47-33(5)27-30(2)28-34(47)6)41-23-24-43(40-12-8-7-11-39(40)41)51-44-14-10-9-13-42(44)48;1-2-7-3-5-8(6-4-7)12(9,10)11/h7-8,11-12,15-28,42,44-45,49-51H,9-10,13-14H2,1-6H3;2-6H,1H2. The fraction of sp³-hybridized carbons (Fsp3) is 0.236. The van der Waals surface area contributed by atoms with Crippen molar-refractivity contribution in [3.63, 3.8) is 0 Å². The molecule has 1 saturated carbocycles. The van der Waals surface area contributed by atoms with E-state index in [0.29, 0.717) is 0 Å². The maximum atomic E-state index is 12.3. The highest BCUT2D eigenvalue weighted by Gasteiger charge is 2.25. The van der Waals surface area contributed by atoms with Gasteiger partial charge in [-0.2, -0.15) is 8.42 Å². The van der Waals surface area contributed by atoms with Gasteiger partial charge in [0.25, 0.3) is 0 Å². The summed E-state index contributed by atoms with van der Waals surface area (Å²) in [5, 5.41) is 13.9. The Morgan fingerprint density at radius 3 is 1.57 bits per heavy atom. The third-order valence-electron chi connectivity index (χ3n) is 12.1. The Morgan fingerprint density at radius 1 is 0.635 bits per heavy atom. The number of hydrogen-bond donors (Lipinski definition) is 3. The van der Waals surface area contributed by atoms with Gasteiger partial charge in [-0.1, -0.05) is 128 Å². The van der Waals surface area contributed by atoms with E-state index in [4.69, 9.17) is 11.6 Å². The van der Waals surface area contributed by atoms with Gasteiger partial charge in [0.15, 0.2) is 0 Å². The zero-order chi connectivity index (χ0) is 44.8. The summed E-state index contributed by atoms with van der Waals surface area (Å²) in [5.41, 5.74) is 17.8. The lowest BCUT2D eigenvalue weighted by Crippen LogP contribution is -2.32. The number of benzene rings is 7. The highest BCUT2D eigenvalue weighted by molar-refractivity contribution is 7.86. The fourth-order valence-corrected chi connectivity index (χ4v) is 9.83. The normalized spacial score (nSPS) is 15.1. The molecule has 0 amide bonds. The van der Waals surface area contributed by atoms with Crippen molar-refractivity contribution < 1.29 is 12.3 Å². The Balaban J connectivity index is 0.000000430. The highest BCUT2D eigenvalue weighted by Crippen LogP contribution is 2.41. The van der Waals surface area contributed by atoms with Crippen molar-refractivity contribution in [3.05, 3.63) is 196 Å². The van der Waals surface area contributed by atoms with E-state index in [0.717, 1.165) is 35.5 Å². The molecule has 2 unspecified atom stereocenters. The molecule has 0 aliphatic heterocycles. The summed E-state index contributed by atoms with van der Waals surface area (Å²) in [6.07, 6.45) is 6.16. The number of anilines is 5. The van der Waals surface area contributed by atoms with E-state index >= 15 is 0 Å². The second kappa shape index (κ2) is 19.7. The van der Waals surface area contributed by atoms with Crippen LogP contribution in [0.2, 0.25) is 0 Å². The molecule has 8 heteroatoms. The molecule has 5 nitrogen and oxygen atoms in total. The van der Waals surface area contributed by atoms with Gasteiger partial charge in [-0.3, -0.25) is 0 Å². The van der Waals surface area contributed by atoms with Crippen LogP contribution in [0, 0.1) is 41.5 Å². The summed E-state index contributed by atoms with van der Waals surface area (Å²) < 4.78 is 33.0. The molecule has 1 fully saturated rings. The van der Waals surface area contributed by atoms with Gasteiger partial charge < -0.3 is 16.0 Å². The van der Waals surface area contributed by atoms with Crippen LogP contribution in [0.1, 0.15) is 87.2 Å². The fourth-order valence-electron chi connectivity index (χ4n) is 9.03. The van der Waals surface area contributed by atoms with Crippen LogP contribution in [-0.4, -0.2) is 19.8 Å². The number of hydrogen-bond acceptors (Lipinski definition) is 5. The van der Waals surface area contributed by atoms with Crippen LogP contribution in [-0.2, 0) is 10.2 Å². The quantitative estimate of drug-likeness (QED) is 0.0686. The van der Waals surface area contributed by atoms with Gasteiger partial charge in [-0.15, -0.1) is 15.5 Å². The predicted octanol–water partition coefficient (Wildman–Crippen LogP) is 15.3. The minimum Gasteiger partial charge on any atom is -0.380 e. The average Bonchev–Trinajstić information content (AvgIpc) is 3.26. The number of alkyl halides is 1. The minimum absolute atomic E-state index is 0.0354. The maximum Gasteiger partial charge on any atom is 0.332 e. The lowest BCUT2D eigenvalue weighted by atomic mass is 9.82. The van der Waals surface area contributed by atoms with Crippen molar-refractivity contribution in [1.82, 2.24) is 0 Å². The monoisotopic (exact) mass is 877 g/mol. The summed E-state index contributed by atoms with van der Waals surface area (Å²) in [7, 11) is -4.56. The smallest absolute Gasteiger partial charge is 0.332 e. The SMILES string of the molecule is C=Cc1ccc(S(=O)(=O)F)cc1.Cc1cc(C)c(Nc2ccc(C(c3ccc(Nc4c(C)cc(C)cc4C)cc3)c3ccc(NC4CCCCC4Cl)c4ccccc34)cc2)c(C)c1. The van der Waals surface area contributed by atoms with E-state index in [1.165, 1.54) is 109 Å². The van der Waals surface area contributed by atoms with E-state index < -0.39 is 10.2 Å². The number of fused-ring (bicyclic) bond motifs is 1. The molecular formula is C55H57ClFN3O2S. The zero-order valence-electron chi connectivity index (χ0n) is 37.0. The lowest BCUT2D eigenvalue weighted by Gasteiger charge is -2.30. The Labute approximate surface area is 378 Å². The van der Waals surface area contributed by atoms with E-state index in [-0.39, 0.29) is 22.2 Å². The first-order chi connectivity index (χ1) is 30.2. The topological polar surface area (TPSA) is 70.2 Å². The Kier molecular flexibility index (Phi) is 14.1. The van der Waals surface area contributed by atoms with E-state index in [2.05, 4.69) is 173 Å². The molecule has 0 heterocycles. The highest BCUT2D eigenvalue weighted by atomic mass is 35.5. The molecule has 324 valence electrons. The second-order valence-corrected chi connectivity index (χ2v) is 18.9. The molecule has 7 aromatic carbocycles. The molecule has 1 aliphatic rings. The third-order valence-corrected chi connectivity index (χ3v) is 13.4.